The third kappa shape index (κ3) is 4.12. The Morgan fingerprint density at radius 2 is 1.68 bits per heavy atom. The number of aromatic nitrogens is 4. The first kappa shape index (κ1) is 20.2. The zero-order valence-corrected chi connectivity index (χ0v) is 17.1. The van der Waals surface area contributed by atoms with Gasteiger partial charge in [-0.1, -0.05) is 24.3 Å². The summed E-state index contributed by atoms with van der Waals surface area (Å²) in [5.41, 5.74) is 3.61. The summed E-state index contributed by atoms with van der Waals surface area (Å²) in [6.07, 6.45) is 9.47. The molecule has 1 aromatic carbocycles. The van der Waals surface area contributed by atoms with Gasteiger partial charge < -0.3 is 4.74 Å². The maximum Gasteiger partial charge on any atom is 0.316 e. The van der Waals surface area contributed by atoms with Gasteiger partial charge in [-0.05, 0) is 60.4 Å². The highest BCUT2D eigenvalue weighted by Crippen LogP contribution is 2.41. The van der Waals surface area contributed by atoms with Crippen LogP contribution in [0.2, 0.25) is 0 Å². The summed E-state index contributed by atoms with van der Waals surface area (Å²) in [5.74, 6) is 0. The zero-order valence-electron chi connectivity index (χ0n) is 17.1. The SMILES string of the molecule is CCOc1nccc(C(Cc2cccc(C#N)c2)(c2cccnc2)c2cccnc2)n1. The van der Waals surface area contributed by atoms with Crippen molar-refractivity contribution in [1.29, 1.82) is 5.26 Å². The highest BCUT2D eigenvalue weighted by Gasteiger charge is 2.39. The second kappa shape index (κ2) is 9.14. The Kier molecular flexibility index (Phi) is 5.95. The molecule has 4 rings (SSSR count). The first-order valence-corrected chi connectivity index (χ1v) is 10.0. The van der Waals surface area contributed by atoms with Crippen molar-refractivity contribution in [3.8, 4) is 12.1 Å². The number of hydrogen-bond donors (Lipinski definition) is 0. The van der Waals surface area contributed by atoms with Crippen molar-refractivity contribution >= 4 is 0 Å². The van der Waals surface area contributed by atoms with E-state index in [1.807, 2.05) is 67.8 Å². The molecule has 0 bridgehead atoms. The largest absolute Gasteiger partial charge is 0.464 e. The second-order valence-corrected chi connectivity index (χ2v) is 7.04. The molecule has 4 aromatic rings. The minimum Gasteiger partial charge on any atom is -0.464 e. The number of nitrogens with zero attached hydrogens (tertiary/aromatic N) is 5. The van der Waals surface area contributed by atoms with Crippen LogP contribution in [0.1, 0.15) is 34.9 Å². The molecule has 0 aliphatic rings. The normalized spacial score (nSPS) is 11.0. The molecule has 0 aliphatic heterocycles. The van der Waals surface area contributed by atoms with E-state index in [-0.39, 0.29) is 0 Å². The summed E-state index contributed by atoms with van der Waals surface area (Å²) in [4.78, 5) is 17.8. The fraction of sp³-hybridized carbons (Fsp3) is 0.160. The zero-order chi connectivity index (χ0) is 21.5. The Balaban J connectivity index is 2.00. The molecule has 0 amide bonds. The van der Waals surface area contributed by atoms with E-state index >= 15 is 0 Å². The van der Waals surface area contributed by atoms with Crippen molar-refractivity contribution in [2.24, 2.45) is 0 Å². The molecule has 3 aromatic heterocycles. The van der Waals surface area contributed by atoms with E-state index in [4.69, 9.17) is 9.72 Å². The van der Waals surface area contributed by atoms with Crippen LogP contribution in [-0.2, 0) is 11.8 Å². The number of benzene rings is 1. The monoisotopic (exact) mass is 407 g/mol. The third-order valence-electron chi connectivity index (χ3n) is 5.18. The molecular formula is C25H21N5O. The van der Waals surface area contributed by atoms with Crippen molar-refractivity contribution in [2.75, 3.05) is 6.61 Å². The van der Waals surface area contributed by atoms with Gasteiger partial charge in [-0.2, -0.15) is 10.2 Å². The lowest BCUT2D eigenvalue weighted by Crippen LogP contribution is -2.33. The van der Waals surface area contributed by atoms with E-state index in [0.717, 1.165) is 22.4 Å². The average Bonchev–Trinajstić information content (AvgIpc) is 2.84. The van der Waals surface area contributed by atoms with Crippen LogP contribution in [0, 0.1) is 11.3 Å². The van der Waals surface area contributed by atoms with E-state index < -0.39 is 5.41 Å². The van der Waals surface area contributed by atoms with E-state index in [1.54, 1.807) is 24.7 Å². The van der Waals surface area contributed by atoms with Crippen molar-refractivity contribution in [2.45, 2.75) is 18.8 Å². The molecule has 0 aliphatic carbocycles. The summed E-state index contributed by atoms with van der Waals surface area (Å²) in [6.45, 7) is 2.37. The Hall–Kier alpha value is -4.11. The van der Waals surface area contributed by atoms with Crippen LogP contribution < -0.4 is 4.74 Å². The third-order valence-corrected chi connectivity index (χ3v) is 5.18. The quantitative estimate of drug-likeness (QED) is 0.458. The number of ether oxygens (including phenoxy) is 1. The van der Waals surface area contributed by atoms with Gasteiger partial charge in [0.05, 0.1) is 29.3 Å². The van der Waals surface area contributed by atoms with Gasteiger partial charge in [0.15, 0.2) is 0 Å². The highest BCUT2D eigenvalue weighted by atomic mass is 16.5. The van der Waals surface area contributed by atoms with Crippen molar-refractivity contribution in [1.82, 2.24) is 19.9 Å². The van der Waals surface area contributed by atoms with Crippen LogP contribution in [0.15, 0.2) is 85.6 Å². The number of rotatable bonds is 7. The molecule has 152 valence electrons. The van der Waals surface area contributed by atoms with Crippen molar-refractivity contribution in [3.63, 3.8) is 0 Å². The molecule has 0 unspecified atom stereocenters. The van der Waals surface area contributed by atoms with Gasteiger partial charge in [0.1, 0.15) is 0 Å². The molecule has 31 heavy (non-hydrogen) atoms. The fourth-order valence-electron chi connectivity index (χ4n) is 3.82. The van der Waals surface area contributed by atoms with Gasteiger partial charge in [-0.3, -0.25) is 9.97 Å². The number of pyridine rings is 2. The molecule has 6 heteroatoms. The Labute approximate surface area is 181 Å². The average molecular weight is 407 g/mol. The van der Waals surface area contributed by atoms with Crippen LogP contribution in [0.5, 0.6) is 6.01 Å². The second-order valence-electron chi connectivity index (χ2n) is 7.04. The first-order valence-electron chi connectivity index (χ1n) is 10.0. The van der Waals surface area contributed by atoms with E-state index in [1.165, 1.54) is 0 Å². The van der Waals surface area contributed by atoms with Gasteiger partial charge >= 0.3 is 6.01 Å². The number of hydrogen-bond acceptors (Lipinski definition) is 6. The summed E-state index contributed by atoms with van der Waals surface area (Å²) in [5, 5.41) is 9.40. The van der Waals surface area contributed by atoms with Gasteiger partial charge in [0.2, 0.25) is 0 Å². The molecule has 0 radical (unpaired) electrons. The molecule has 3 heterocycles. The maximum absolute atomic E-state index is 9.40. The van der Waals surface area contributed by atoms with Crippen LogP contribution in [0.4, 0.5) is 0 Å². The summed E-state index contributed by atoms with van der Waals surface area (Å²) in [7, 11) is 0. The van der Waals surface area contributed by atoms with Crippen LogP contribution in [0.25, 0.3) is 0 Å². The molecule has 6 nitrogen and oxygen atoms in total. The molecule has 0 fully saturated rings. The minimum atomic E-state index is -0.703. The molecular weight excluding hydrogens is 386 g/mol. The lowest BCUT2D eigenvalue weighted by molar-refractivity contribution is 0.309. The number of nitriles is 1. The first-order chi connectivity index (χ1) is 15.3. The van der Waals surface area contributed by atoms with Crippen LogP contribution in [0.3, 0.4) is 0 Å². The summed E-state index contributed by atoms with van der Waals surface area (Å²) < 4.78 is 5.60. The Morgan fingerprint density at radius 1 is 0.935 bits per heavy atom. The molecule has 0 N–H and O–H groups in total. The Morgan fingerprint density at radius 3 is 2.29 bits per heavy atom. The van der Waals surface area contributed by atoms with Gasteiger partial charge in [-0.15, -0.1) is 0 Å². The predicted molar refractivity (Wildman–Crippen MR) is 116 cm³/mol. The minimum absolute atomic E-state index is 0.322. The lowest BCUT2D eigenvalue weighted by atomic mass is 9.69. The van der Waals surface area contributed by atoms with Crippen molar-refractivity contribution in [3.05, 3.63) is 114 Å². The molecule has 0 atom stereocenters. The van der Waals surface area contributed by atoms with Gasteiger partial charge in [0, 0.05) is 31.0 Å². The van der Waals surface area contributed by atoms with Crippen LogP contribution in [-0.4, -0.2) is 26.5 Å². The topological polar surface area (TPSA) is 84.6 Å². The standard InChI is InChI=1S/C25H21N5O/c1-2-31-24-29-13-10-23(30-24)25(21-8-4-11-27-17-21,22-9-5-12-28-18-22)15-19-6-3-7-20(14-19)16-26/h3-14,17-18H,2,15H2,1H3. The van der Waals surface area contributed by atoms with E-state index in [0.29, 0.717) is 24.6 Å². The fourth-order valence-corrected chi connectivity index (χ4v) is 3.82. The van der Waals surface area contributed by atoms with Gasteiger partial charge in [-0.25, -0.2) is 4.98 Å². The predicted octanol–water partition coefficient (Wildman–Crippen LogP) is 4.11. The molecule has 0 spiro atoms. The molecule has 0 saturated heterocycles. The maximum atomic E-state index is 9.40. The van der Waals surface area contributed by atoms with Crippen molar-refractivity contribution < 1.29 is 4.74 Å². The van der Waals surface area contributed by atoms with Gasteiger partial charge in [0.25, 0.3) is 0 Å². The highest BCUT2D eigenvalue weighted by molar-refractivity contribution is 5.49. The van der Waals surface area contributed by atoms with E-state index in [2.05, 4.69) is 21.0 Å². The smallest absolute Gasteiger partial charge is 0.316 e. The summed E-state index contributed by atoms with van der Waals surface area (Å²) in [6, 6.07) is 20.0. The van der Waals surface area contributed by atoms with Crippen LogP contribution >= 0.6 is 0 Å². The summed E-state index contributed by atoms with van der Waals surface area (Å²) >= 11 is 0. The lowest BCUT2D eigenvalue weighted by Gasteiger charge is -2.34. The Bertz CT molecular complexity index is 1150. The molecule has 0 saturated carbocycles. The van der Waals surface area contributed by atoms with E-state index in [9.17, 15) is 5.26 Å².